The van der Waals surface area contributed by atoms with Crippen LogP contribution in [0.4, 0.5) is 0 Å². The first kappa shape index (κ1) is 40.9. The van der Waals surface area contributed by atoms with E-state index in [1.807, 2.05) is 30.3 Å². The van der Waals surface area contributed by atoms with Gasteiger partial charge in [0.1, 0.15) is 12.4 Å². The number of carbonyl (C=O) groups is 1. The van der Waals surface area contributed by atoms with E-state index >= 15 is 0 Å². The highest BCUT2D eigenvalue weighted by Crippen LogP contribution is 2.17. The number of esters is 1. The molecule has 0 saturated carbocycles. The summed E-state index contributed by atoms with van der Waals surface area (Å²) in [6, 6.07) is 18.3. The Morgan fingerprint density at radius 3 is 1.30 bits per heavy atom. The summed E-state index contributed by atoms with van der Waals surface area (Å²) in [4.78, 5) is 12.1. The molecule has 0 atom stereocenters. The van der Waals surface area contributed by atoms with Gasteiger partial charge in [0.05, 0.1) is 6.61 Å². The second-order valence-electron chi connectivity index (χ2n) is 14.0. The molecule has 266 valence electrons. The van der Waals surface area contributed by atoms with Crippen LogP contribution in [-0.2, 0) is 22.6 Å². The van der Waals surface area contributed by atoms with Gasteiger partial charge in [-0.2, -0.15) is 0 Å². The van der Waals surface area contributed by atoms with Crippen LogP contribution in [0.5, 0.6) is 5.75 Å². The summed E-state index contributed by atoms with van der Waals surface area (Å²) in [5.41, 5.74) is 2.31. The minimum absolute atomic E-state index is 0.0582. The summed E-state index contributed by atoms with van der Waals surface area (Å²) < 4.78 is 11.3. The number of ether oxygens (including phenoxy) is 2. The Kier molecular flexibility index (Phi) is 27.0. The molecule has 0 amide bonds. The molecular weight excluding hydrogens is 576 g/mol. The third kappa shape index (κ3) is 25.4. The van der Waals surface area contributed by atoms with E-state index in [-0.39, 0.29) is 5.97 Å². The fourth-order valence-corrected chi connectivity index (χ4v) is 6.43. The Labute approximate surface area is 291 Å². The quantitative estimate of drug-likeness (QED) is 0.0570. The molecule has 0 heterocycles. The molecule has 0 aromatic heterocycles. The molecule has 0 aliphatic heterocycles. The molecule has 0 saturated heterocycles. The van der Waals surface area contributed by atoms with Crippen LogP contribution in [0.1, 0.15) is 191 Å². The van der Waals surface area contributed by atoms with Crippen molar-refractivity contribution in [2.75, 3.05) is 6.61 Å². The second-order valence-corrected chi connectivity index (χ2v) is 14.0. The molecule has 3 heteroatoms. The van der Waals surface area contributed by atoms with Gasteiger partial charge >= 0.3 is 5.97 Å². The van der Waals surface area contributed by atoms with Crippen LogP contribution in [-0.4, -0.2) is 12.6 Å². The fraction of sp³-hybridized carbons (Fsp3) is 0.705. The van der Waals surface area contributed by atoms with Gasteiger partial charge in [-0.15, -0.1) is 0 Å². The lowest BCUT2D eigenvalue weighted by Crippen LogP contribution is -2.07. The summed E-state index contributed by atoms with van der Waals surface area (Å²) in [5.74, 6) is 0.799. The van der Waals surface area contributed by atoms with Crippen LogP contribution >= 0.6 is 0 Å². The van der Waals surface area contributed by atoms with Crippen LogP contribution in [0.2, 0.25) is 0 Å². The molecule has 2 aromatic rings. The molecule has 0 unspecified atom stereocenters. The first-order valence-corrected chi connectivity index (χ1v) is 20.2. The molecule has 0 spiro atoms. The van der Waals surface area contributed by atoms with E-state index in [1.165, 1.54) is 154 Å². The van der Waals surface area contributed by atoms with Crippen molar-refractivity contribution in [3.8, 4) is 5.75 Å². The molecule has 0 radical (unpaired) electrons. The van der Waals surface area contributed by atoms with Gasteiger partial charge in [0, 0.05) is 12.8 Å². The highest BCUT2D eigenvalue weighted by molar-refractivity contribution is 5.69. The Bertz CT molecular complexity index is 938. The van der Waals surface area contributed by atoms with Crippen molar-refractivity contribution in [3.63, 3.8) is 0 Å². The van der Waals surface area contributed by atoms with Gasteiger partial charge in [-0.1, -0.05) is 210 Å². The molecule has 2 rings (SSSR count). The SMILES string of the molecule is CCCCCCCCCCCCCCCCCCCCCCCCCCCCC(=O)OCCc1ccc(OCc2ccccc2)cc1. The van der Waals surface area contributed by atoms with Crippen LogP contribution in [0.15, 0.2) is 54.6 Å². The zero-order chi connectivity index (χ0) is 33.3. The van der Waals surface area contributed by atoms with E-state index in [4.69, 9.17) is 9.47 Å². The van der Waals surface area contributed by atoms with Crippen LogP contribution in [0.25, 0.3) is 0 Å². The number of unbranched alkanes of at least 4 members (excludes halogenated alkanes) is 25. The van der Waals surface area contributed by atoms with Crippen molar-refractivity contribution < 1.29 is 14.3 Å². The summed E-state index contributed by atoms with van der Waals surface area (Å²) in [7, 11) is 0. The largest absolute Gasteiger partial charge is 0.489 e. The van der Waals surface area contributed by atoms with E-state index in [9.17, 15) is 4.79 Å². The average Bonchev–Trinajstić information content (AvgIpc) is 3.10. The fourth-order valence-electron chi connectivity index (χ4n) is 6.43. The molecule has 2 aromatic carbocycles. The van der Waals surface area contributed by atoms with Gasteiger partial charge in [-0.25, -0.2) is 0 Å². The topological polar surface area (TPSA) is 35.5 Å². The van der Waals surface area contributed by atoms with Crippen molar-refractivity contribution in [1.29, 1.82) is 0 Å². The Hall–Kier alpha value is -2.29. The molecule has 0 aliphatic carbocycles. The Morgan fingerprint density at radius 2 is 0.872 bits per heavy atom. The second kappa shape index (κ2) is 31.0. The lowest BCUT2D eigenvalue weighted by molar-refractivity contribution is -0.143. The first-order chi connectivity index (χ1) is 23.3. The molecule has 3 nitrogen and oxygen atoms in total. The van der Waals surface area contributed by atoms with Crippen LogP contribution in [0, 0.1) is 0 Å². The summed E-state index contributed by atoms with van der Waals surface area (Å²) in [6.45, 7) is 3.31. The van der Waals surface area contributed by atoms with E-state index < -0.39 is 0 Å². The summed E-state index contributed by atoms with van der Waals surface area (Å²) in [6.07, 6.45) is 37.6. The maximum atomic E-state index is 12.1. The van der Waals surface area contributed by atoms with Gasteiger partial charge in [0.15, 0.2) is 0 Å². The molecule has 0 fully saturated rings. The lowest BCUT2D eigenvalue weighted by atomic mass is 10.0. The van der Waals surface area contributed by atoms with Crippen LogP contribution in [0.3, 0.4) is 0 Å². The highest BCUT2D eigenvalue weighted by atomic mass is 16.5. The molecule has 0 aliphatic rings. The van der Waals surface area contributed by atoms with E-state index in [0.717, 1.165) is 36.1 Å². The van der Waals surface area contributed by atoms with Crippen molar-refractivity contribution in [2.45, 2.75) is 193 Å². The zero-order valence-corrected chi connectivity index (χ0v) is 30.6. The predicted molar refractivity (Wildman–Crippen MR) is 202 cm³/mol. The van der Waals surface area contributed by atoms with Gasteiger partial charge in [0.2, 0.25) is 0 Å². The number of carbonyl (C=O) groups excluding carboxylic acids is 1. The molecule has 0 N–H and O–H groups in total. The van der Waals surface area contributed by atoms with E-state index in [0.29, 0.717) is 19.6 Å². The molecule has 0 bridgehead atoms. The van der Waals surface area contributed by atoms with Crippen molar-refractivity contribution >= 4 is 5.97 Å². The summed E-state index contributed by atoms with van der Waals surface area (Å²) >= 11 is 0. The van der Waals surface area contributed by atoms with Gasteiger partial charge in [0.25, 0.3) is 0 Å². The average molecular weight is 649 g/mol. The zero-order valence-electron chi connectivity index (χ0n) is 30.6. The van der Waals surface area contributed by atoms with E-state index in [1.54, 1.807) is 0 Å². The maximum Gasteiger partial charge on any atom is 0.305 e. The van der Waals surface area contributed by atoms with E-state index in [2.05, 4.69) is 31.2 Å². The number of rotatable bonds is 33. The lowest BCUT2D eigenvalue weighted by Gasteiger charge is -2.08. The standard InChI is InChI=1S/C44H72O3/c1-2-3-4-5-6-7-8-9-10-11-12-13-14-15-16-17-18-19-20-21-22-23-24-25-26-30-33-44(45)46-39-38-41-34-36-43(37-35-41)47-40-42-31-28-27-29-32-42/h27-29,31-32,34-37H,2-26,30,33,38-40H2,1H3. The monoisotopic (exact) mass is 649 g/mol. The van der Waals surface area contributed by atoms with Crippen LogP contribution < -0.4 is 4.74 Å². The maximum absolute atomic E-state index is 12.1. The van der Waals surface area contributed by atoms with Crippen molar-refractivity contribution in [1.82, 2.24) is 0 Å². The predicted octanol–water partition coefficient (Wildman–Crippen LogP) is 13.9. The van der Waals surface area contributed by atoms with Gasteiger partial charge in [-0.3, -0.25) is 4.79 Å². The summed E-state index contributed by atoms with van der Waals surface area (Å²) in [5, 5.41) is 0. The smallest absolute Gasteiger partial charge is 0.305 e. The first-order valence-electron chi connectivity index (χ1n) is 20.2. The third-order valence-electron chi connectivity index (χ3n) is 9.56. The molecule has 47 heavy (non-hydrogen) atoms. The van der Waals surface area contributed by atoms with Crippen molar-refractivity contribution in [2.24, 2.45) is 0 Å². The van der Waals surface area contributed by atoms with Gasteiger partial charge < -0.3 is 9.47 Å². The third-order valence-corrected chi connectivity index (χ3v) is 9.56. The molecular formula is C44H72O3. The Balaban J connectivity index is 1.24. The minimum Gasteiger partial charge on any atom is -0.489 e. The highest BCUT2D eigenvalue weighted by Gasteiger charge is 2.04. The number of hydrogen-bond acceptors (Lipinski definition) is 3. The number of benzene rings is 2. The van der Waals surface area contributed by atoms with Crippen molar-refractivity contribution in [3.05, 3.63) is 65.7 Å². The Morgan fingerprint density at radius 1 is 0.468 bits per heavy atom. The minimum atomic E-state index is -0.0582. The normalized spacial score (nSPS) is 11.2. The number of hydrogen-bond donors (Lipinski definition) is 0. The van der Waals surface area contributed by atoms with Gasteiger partial charge in [-0.05, 0) is 29.7 Å².